The van der Waals surface area contributed by atoms with Crippen LogP contribution in [0.3, 0.4) is 0 Å². The van der Waals surface area contributed by atoms with Crippen molar-refractivity contribution in [2.75, 3.05) is 13.7 Å². The lowest BCUT2D eigenvalue weighted by atomic mass is 9.76. The summed E-state index contributed by atoms with van der Waals surface area (Å²) >= 11 is 1.25. The Morgan fingerprint density at radius 1 is 1.38 bits per heavy atom. The molecule has 148 valence electrons. The van der Waals surface area contributed by atoms with E-state index in [1.807, 2.05) is 0 Å². The second-order valence-electron chi connectivity index (χ2n) is 7.91. The van der Waals surface area contributed by atoms with Crippen molar-refractivity contribution in [3.05, 3.63) is 0 Å². The van der Waals surface area contributed by atoms with Crippen LogP contribution >= 0.6 is 11.8 Å². The van der Waals surface area contributed by atoms with Crippen LogP contribution in [0.15, 0.2) is 0 Å². The lowest BCUT2D eigenvalue weighted by Gasteiger charge is -2.59. The van der Waals surface area contributed by atoms with Crippen molar-refractivity contribution in [2.45, 2.75) is 66.2 Å². The number of rotatable bonds is 3. The van der Waals surface area contributed by atoms with Gasteiger partial charge in [-0.3, -0.25) is 4.55 Å². The first-order valence-corrected chi connectivity index (χ1v) is 10.8. The van der Waals surface area contributed by atoms with Gasteiger partial charge in [0.25, 0.3) is 10.1 Å². The van der Waals surface area contributed by atoms with Crippen molar-refractivity contribution in [3.8, 4) is 0 Å². The molecule has 3 aliphatic heterocycles. The van der Waals surface area contributed by atoms with E-state index in [2.05, 4.69) is 0 Å². The topological polar surface area (TPSA) is 144 Å². The van der Waals surface area contributed by atoms with E-state index in [1.54, 1.807) is 13.8 Å². The zero-order valence-corrected chi connectivity index (χ0v) is 16.6. The van der Waals surface area contributed by atoms with Crippen molar-refractivity contribution in [3.63, 3.8) is 0 Å². The number of β-lactam (4-membered cyclic amide) rings is 1. The maximum atomic E-state index is 13.3. The van der Waals surface area contributed by atoms with Crippen molar-refractivity contribution >= 4 is 33.8 Å². The molecular weight excluding hydrogens is 384 g/mol. The van der Waals surface area contributed by atoms with Gasteiger partial charge in [-0.05, 0) is 33.1 Å². The second-order valence-corrected chi connectivity index (χ2v) is 11.3. The molecule has 11 heteroatoms. The van der Waals surface area contributed by atoms with Crippen molar-refractivity contribution in [1.29, 1.82) is 0 Å². The van der Waals surface area contributed by atoms with Gasteiger partial charge in [0, 0.05) is 13.5 Å². The quantitative estimate of drug-likeness (QED) is 0.337. The predicted molar refractivity (Wildman–Crippen MR) is 93.7 cm³/mol. The molecule has 2 bridgehead atoms. The van der Waals surface area contributed by atoms with Crippen LogP contribution in [0.2, 0.25) is 0 Å². The maximum Gasteiger partial charge on any atom is 0.397 e. The summed E-state index contributed by atoms with van der Waals surface area (Å²) < 4.78 is 37.2. The highest BCUT2D eigenvalue weighted by Crippen LogP contribution is 2.66. The summed E-state index contributed by atoms with van der Waals surface area (Å²) in [6.07, 6.45) is 0.821. The summed E-state index contributed by atoms with van der Waals surface area (Å²) in [5.41, 5.74) is 3.05. The summed E-state index contributed by atoms with van der Waals surface area (Å²) in [7, 11) is -3.08. The Kier molecular flexibility index (Phi) is 4.35. The number of aliphatic carboxylic acids is 1. The first-order valence-electron chi connectivity index (χ1n) is 8.45. The number of carboxylic acids is 1. The Bertz CT molecular complexity index is 770. The fourth-order valence-electron chi connectivity index (χ4n) is 5.21. The minimum Gasteiger partial charge on any atom is -0.475 e. The summed E-state index contributed by atoms with van der Waals surface area (Å²) in [4.78, 5) is 25.7. The van der Waals surface area contributed by atoms with E-state index in [0.717, 1.165) is 0 Å². The molecular formula is C15H25N2O7S2+. The third-order valence-corrected chi connectivity index (χ3v) is 9.36. The standard InChI is InChI=1S/C15H24N2O7S2/c1-13(2)15(24-3,12(19)20)17-7-5-4-6-9(26(21,22)23)8-14(16,10(17)18)11(17)25-13/h9,11H,4-8,16H2,1-3H3,(H-,19,20,21,22,23)/p+1/t9?,11-,14?,15-,17?/m1/s1. The van der Waals surface area contributed by atoms with Crippen LogP contribution in [-0.4, -0.2) is 74.7 Å². The molecule has 3 rings (SSSR count). The van der Waals surface area contributed by atoms with Crippen LogP contribution in [0.1, 0.15) is 39.5 Å². The van der Waals surface area contributed by atoms with E-state index < -0.39 is 53.1 Å². The van der Waals surface area contributed by atoms with Gasteiger partial charge in [0.2, 0.25) is 0 Å². The van der Waals surface area contributed by atoms with Gasteiger partial charge < -0.3 is 15.6 Å². The van der Waals surface area contributed by atoms with Gasteiger partial charge in [-0.25, -0.2) is 14.1 Å². The molecule has 3 heterocycles. The average Bonchev–Trinajstić information content (AvgIpc) is 2.77. The highest BCUT2D eigenvalue weighted by atomic mass is 32.2. The molecule has 26 heavy (non-hydrogen) atoms. The van der Waals surface area contributed by atoms with Gasteiger partial charge in [0.05, 0.1) is 11.8 Å². The van der Waals surface area contributed by atoms with Gasteiger partial charge in [-0.1, -0.05) is 11.8 Å². The van der Waals surface area contributed by atoms with Gasteiger partial charge in [0.15, 0.2) is 10.9 Å². The average molecular weight is 410 g/mol. The van der Waals surface area contributed by atoms with Crippen molar-refractivity contribution in [1.82, 2.24) is 0 Å². The number of hydrogen-bond acceptors (Lipinski definition) is 7. The second kappa shape index (κ2) is 5.65. The Morgan fingerprint density at radius 2 is 2.00 bits per heavy atom. The number of nitrogens with zero attached hydrogens (tertiary/aromatic N) is 1. The number of amides is 1. The van der Waals surface area contributed by atoms with Crippen LogP contribution in [0.4, 0.5) is 0 Å². The Balaban J connectivity index is 2.18. The SMILES string of the molecule is CO[C@]1(C(=O)O)C(C)(C)S[C@@H]2C3(N)CC(S(=O)(=O)O)CCCC[N+]21C3=O. The molecule has 0 saturated carbocycles. The third kappa shape index (κ3) is 2.09. The van der Waals surface area contributed by atoms with E-state index in [1.165, 1.54) is 18.9 Å². The van der Waals surface area contributed by atoms with Gasteiger partial charge in [-0.2, -0.15) is 8.42 Å². The molecule has 0 aromatic heterocycles. The zero-order valence-electron chi connectivity index (χ0n) is 15.0. The lowest BCUT2D eigenvalue weighted by Crippen LogP contribution is -2.91. The largest absolute Gasteiger partial charge is 0.475 e. The monoisotopic (exact) mass is 409 g/mol. The smallest absolute Gasteiger partial charge is 0.397 e. The number of nitrogens with two attached hydrogens (primary N) is 1. The fraction of sp³-hybridized carbons (Fsp3) is 0.867. The number of quaternary nitrogens is 1. The van der Waals surface area contributed by atoms with E-state index in [0.29, 0.717) is 12.8 Å². The Labute approximate surface area is 156 Å². The first-order chi connectivity index (χ1) is 11.8. The number of methoxy groups -OCH3 is 1. The number of carbonyl (C=O) groups excluding carboxylic acids is 1. The summed E-state index contributed by atoms with van der Waals surface area (Å²) in [5.74, 6) is -1.76. The number of thioether (sulfide) groups is 1. The summed E-state index contributed by atoms with van der Waals surface area (Å²) in [6.45, 7) is 3.61. The Morgan fingerprint density at radius 3 is 2.50 bits per heavy atom. The number of carbonyl (C=O) groups is 2. The van der Waals surface area contributed by atoms with E-state index in [-0.39, 0.29) is 19.4 Å². The molecule has 3 saturated heterocycles. The normalized spacial score (nSPS) is 45.0. The van der Waals surface area contributed by atoms with Crippen molar-refractivity contribution in [2.24, 2.45) is 5.73 Å². The molecule has 0 spiro atoms. The number of carboxylic acid groups (broad SMARTS) is 1. The van der Waals surface area contributed by atoms with Crippen LogP contribution < -0.4 is 5.73 Å². The molecule has 3 aliphatic rings. The lowest BCUT2D eigenvalue weighted by molar-refractivity contribution is -0.957. The number of hydrogen-bond donors (Lipinski definition) is 3. The van der Waals surface area contributed by atoms with E-state index >= 15 is 0 Å². The summed E-state index contributed by atoms with van der Waals surface area (Å²) in [6, 6.07) is 0. The van der Waals surface area contributed by atoms with Crippen molar-refractivity contribution < 1.29 is 36.9 Å². The summed E-state index contributed by atoms with van der Waals surface area (Å²) in [5, 5.41) is 8.27. The van der Waals surface area contributed by atoms with Gasteiger partial charge in [-0.15, -0.1) is 0 Å². The minimum absolute atomic E-state index is 0.179. The van der Waals surface area contributed by atoms with Crippen LogP contribution in [0, 0.1) is 0 Å². The highest BCUT2D eigenvalue weighted by Gasteiger charge is 2.90. The molecule has 0 aromatic carbocycles. The van der Waals surface area contributed by atoms with Crippen LogP contribution in [-0.2, 0) is 24.4 Å². The van der Waals surface area contributed by atoms with E-state index in [9.17, 15) is 27.7 Å². The van der Waals surface area contributed by atoms with E-state index in [4.69, 9.17) is 10.5 Å². The maximum absolute atomic E-state index is 13.3. The molecule has 0 aliphatic carbocycles. The predicted octanol–water partition coefficient (Wildman–Crippen LogP) is 0.150. The highest BCUT2D eigenvalue weighted by molar-refractivity contribution is 8.01. The Hall–Kier alpha value is -0.720. The molecule has 3 fully saturated rings. The third-order valence-electron chi connectivity index (χ3n) is 6.24. The van der Waals surface area contributed by atoms with Crippen LogP contribution in [0.25, 0.3) is 0 Å². The van der Waals surface area contributed by atoms with Gasteiger partial charge >= 0.3 is 17.6 Å². The molecule has 5 atom stereocenters. The zero-order chi connectivity index (χ0) is 19.8. The first kappa shape index (κ1) is 20.0. The molecule has 9 nitrogen and oxygen atoms in total. The number of ether oxygens (including phenoxy) is 1. The molecule has 1 amide bonds. The molecule has 0 aromatic rings. The molecule has 0 radical (unpaired) electrons. The molecule has 4 N–H and O–H groups in total. The van der Waals surface area contributed by atoms with Crippen LogP contribution in [0.5, 0.6) is 0 Å². The fourth-order valence-corrected chi connectivity index (χ4v) is 8.15. The van der Waals surface area contributed by atoms with Gasteiger partial charge in [0.1, 0.15) is 4.75 Å². The minimum atomic E-state index is -4.36. The molecule has 3 unspecified atom stereocenters.